The number of non-ortho nitro benzene ring substituents is 1. The van der Waals surface area contributed by atoms with Gasteiger partial charge >= 0.3 is 0 Å². The van der Waals surface area contributed by atoms with Crippen molar-refractivity contribution in [2.24, 2.45) is 4.99 Å². The summed E-state index contributed by atoms with van der Waals surface area (Å²) >= 11 is 0. The number of aromatic hydroxyl groups is 1. The van der Waals surface area contributed by atoms with Crippen molar-refractivity contribution in [3.63, 3.8) is 0 Å². The maximum atomic E-state index is 10.9. The van der Waals surface area contributed by atoms with Crippen LogP contribution >= 0.6 is 0 Å². The van der Waals surface area contributed by atoms with Crippen molar-refractivity contribution in [2.45, 2.75) is 0 Å². The van der Waals surface area contributed by atoms with Gasteiger partial charge in [0, 0.05) is 12.3 Å². The Morgan fingerprint density at radius 3 is 2.38 bits per heavy atom. The van der Waals surface area contributed by atoms with E-state index in [1.165, 1.54) is 24.4 Å². The van der Waals surface area contributed by atoms with Gasteiger partial charge in [0.2, 0.25) is 0 Å². The molecular weight excluding hydrogens is 278 g/mol. The number of nitrogens with zero attached hydrogens (tertiary/aromatic N) is 3. The highest BCUT2D eigenvalue weighted by molar-refractivity contribution is 5.88. The zero-order valence-electron chi connectivity index (χ0n) is 10.5. The zero-order chi connectivity index (χ0) is 15.4. The van der Waals surface area contributed by atoms with Crippen molar-refractivity contribution in [3.8, 4) is 5.75 Å². The van der Waals surface area contributed by atoms with Gasteiger partial charge in [0.05, 0.1) is 21.5 Å². The normalized spacial score (nSPS) is 10.7. The number of hydrogen-bond donors (Lipinski definition) is 1. The number of rotatable bonds is 4. The van der Waals surface area contributed by atoms with Gasteiger partial charge in [0.25, 0.3) is 11.4 Å². The van der Waals surface area contributed by atoms with Crippen LogP contribution in [0.15, 0.2) is 47.5 Å². The maximum Gasteiger partial charge on any atom is 0.285 e. The van der Waals surface area contributed by atoms with Crippen LogP contribution in [0.1, 0.15) is 5.56 Å². The Hall–Kier alpha value is -3.29. The molecule has 0 unspecified atom stereocenters. The van der Waals surface area contributed by atoms with E-state index in [4.69, 9.17) is 0 Å². The quantitative estimate of drug-likeness (QED) is 0.526. The first kappa shape index (κ1) is 14.1. The third-order valence-electron chi connectivity index (χ3n) is 2.65. The van der Waals surface area contributed by atoms with Crippen molar-refractivity contribution in [3.05, 3.63) is 68.3 Å². The molecule has 0 aliphatic carbocycles. The largest absolute Gasteiger partial charge is 0.506 e. The van der Waals surface area contributed by atoms with Gasteiger partial charge < -0.3 is 5.11 Å². The summed E-state index contributed by atoms with van der Waals surface area (Å²) in [6.07, 6.45) is 1.18. The first-order valence-corrected chi connectivity index (χ1v) is 5.74. The third-order valence-corrected chi connectivity index (χ3v) is 2.65. The Bertz CT molecular complexity index is 742. The van der Waals surface area contributed by atoms with Crippen LogP contribution in [0.4, 0.5) is 17.1 Å². The molecule has 21 heavy (non-hydrogen) atoms. The molecule has 2 aromatic carbocycles. The molecule has 0 bridgehead atoms. The minimum absolute atomic E-state index is 0.0710. The molecule has 0 fully saturated rings. The highest BCUT2D eigenvalue weighted by atomic mass is 16.6. The van der Waals surface area contributed by atoms with Gasteiger partial charge in [-0.15, -0.1) is 0 Å². The molecule has 0 saturated heterocycles. The second-order valence-electron chi connectivity index (χ2n) is 4.00. The summed E-state index contributed by atoms with van der Waals surface area (Å²) in [7, 11) is 0. The molecule has 0 aliphatic rings. The Kier molecular flexibility index (Phi) is 3.89. The van der Waals surface area contributed by atoms with Crippen molar-refractivity contribution in [1.82, 2.24) is 0 Å². The summed E-state index contributed by atoms with van der Waals surface area (Å²) in [6.45, 7) is 0. The number of benzene rings is 2. The molecule has 8 nitrogen and oxygen atoms in total. The van der Waals surface area contributed by atoms with Crippen LogP contribution in [0.25, 0.3) is 0 Å². The Morgan fingerprint density at radius 2 is 1.76 bits per heavy atom. The zero-order valence-corrected chi connectivity index (χ0v) is 10.5. The second-order valence-corrected chi connectivity index (χ2v) is 4.00. The summed E-state index contributed by atoms with van der Waals surface area (Å²) in [4.78, 5) is 24.1. The molecule has 0 amide bonds. The topological polar surface area (TPSA) is 119 Å². The van der Waals surface area contributed by atoms with Crippen LogP contribution in [-0.2, 0) is 0 Å². The van der Waals surface area contributed by atoms with Crippen molar-refractivity contribution >= 4 is 23.3 Å². The minimum atomic E-state index is -0.723. The van der Waals surface area contributed by atoms with Gasteiger partial charge in [0.15, 0.2) is 0 Å². The summed E-state index contributed by atoms with van der Waals surface area (Å²) in [5, 5.41) is 31.1. The summed E-state index contributed by atoms with van der Waals surface area (Å²) in [5.74, 6) is -0.0710. The average Bonchev–Trinajstić information content (AvgIpc) is 2.46. The molecule has 0 heterocycles. The second kappa shape index (κ2) is 5.78. The van der Waals surface area contributed by atoms with Crippen LogP contribution in [0, 0.1) is 20.2 Å². The minimum Gasteiger partial charge on any atom is -0.506 e. The van der Waals surface area contributed by atoms with Crippen LogP contribution in [0.3, 0.4) is 0 Å². The van der Waals surface area contributed by atoms with Crippen LogP contribution < -0.4 is 0 Å². The van der Waals surface area contributed by atoms with Crippen molar-refractivity contribution < 1.29 is 15.0 Å². The molecule has 0 radical (unpaired) electrons. The molecule has 106 valence electrons. The molecule has 2 aromatic rings. The van der Waals surface area contributed by atoms with E-state index in [-0.39, 0.29) is 22.7 Å². The predicted molar refractivity (Wildman–Crippen MR) is 75.1 cm³/mol. The number of nitro benzene ring substituents is 2. The van der Waals surface area contributed by atoms with E-state index in [0.717, 1.165) is 12.1 Å². The third kappa shape index (κ3) is 3.18. The highest BCUT2D eigenvalue weighted by Gasteiger charge is 2.18. The molecule has 0 atom stereocenters. The van der Waals surface area contributed by atoms with E-state index in [0.29, 0.717) is 0 Å². The molecule has 0 aromatic heterocycles. The fraction of sp³-hybridized carbons (Fsp3) is 0. The SMILES string of the molecule is O=[N+]([O-])c1ccc(C=Nc2ccccc2O)c([N+](=O)[O-])c1. The van der Waals surface area contributed by atoms with Gasteiger partial charge in [-0.2, -0.15) is 0 Å². The van der Waals surface area contributed by atoms with E-state index in [1.807, 2.05) is 0 Å². The standard InChI is InChI=1S/C13H9N3O5/c17-13-4-2-1-3-11(13)14-8-9-5-6-10(15(18)19)7-12(9)16(20)21/h1-8,17H. The number of phenolic OH excluding ortho intramolecular Hbond substituents is 1. The number of nitro groups is 2. The van der Waals surface area contributed by atoms with E-state index >= 15 is 0 Å². The summed E-state index contributed by atoms with van der Waals surface area (Å²) < 4.78 is 0. The Labute approximate surface area is 118 Å². The lowest BCUT2D eigenvalue weighted by molar-refractivity contribution is -0.394. The number of hydrogen-bond acceptors (Lipinski definition) is 6. The van der Waals surface area contributed by atoms with E-state index < -0.39 is 15.5 Å². The first-order chi connectivity index (χ1) is 9.99. The fourth-order valence-electron chi connectivity index (χ4n) is 1.63. The lowest BCUT2D eigenvalue weighted by atomic mass is 10.1. The maximum absolute atomic E-state index is 10.9. The molecule has 1 N–H and O–H groups in total. The highest BCUT2D eigenvalue weighted by Crippen LogP contribution is 2.27. The number of aliphatic imine (C=N–C) groups is 1. The van der Waals surface area contributed by atoms with Crippen LogP contribution in [-0.4, -0.2) is 21.2 Å². The van der Waals surface area contributed by atoms with Crippen LogP contribution in [0.5, 0.6) is 5.75 Å². The Morgan fingerprint density at radius 1 is 1.05 bits per heavy atom. The predicted octanol–water partition coefficient (Wildman–Crippen LogP) is 2.96. The first-order valence-electron chi connectivity index (χ1n) is 5.74. The monoisotopic (exact) mass is 287 g/mol. The molecule has 0 aliphatic heterocycles. The molecule has 0 spiro atoms. The average molecular weight is 287 g/mol. The number of phenols is 1. The van der Waals surface area contributed by atoms with Crippen LogP contribution in [0.2, 0.25) is 0 Å². The fourth-order valence-corrected chi connectivity index (χ4v) is 1.63. The summed E-state index contributed by atoms with van der Waals surface area (Å²) in [6, 6.07) is 9.48. The van der Waals surface area contributed by atoms with Gasteiger partial charge in [-0.25, -0.2) is 0 Å². The van der Waals surface area contributed by atoms with Crippen molar-refractivity contribution in [1.29, 1.82) is 0 Å². The lowest BCUT2D eigenvalue weighted by Crippen LogP contribution is -1.97. The summed E-state index contributed by atoms with van der Waals surface area (Å²) in [5.41, 5.74) is -0.455. The van der Waals surface area contributed by atoms with E-state index in [9.17, 15) is 25.3 Å². The Balaban J connectivity index is 2.42. The van der Waals surface area contributed by atoms with E-state index in [1.54, 1.807) is 12.1 Å². The molecular formula is C13H9N3O5. The molecule has 2 rings (SSSR count). The van der Waals surface area contributed by atoms with Gasteiger partial charge in [-0.1, -0.05) is 12.1 Å². The van der Waals surface area contributed by atoms with Gasteiger partial charge in [-0.05, 0) is 18.2 Å². The lowest BCUT2D eigenvalue weighted by Gasteiger charge is -1.99. The van der Waals surface area contributed by atoms with Gasteiger partial charge in [-0.3, -0.25) is 25.2 Å². The molecule has 0 saturated carbocycles. The molecule has 8 heteroatoms. The van der Waals surface area contributed by atoms with E-state index in [2.05, 4.69) is 4.99 Å². The number of para-hydroxylation sites is 2. The van der Waals surface area contributed by atoms with Gasteiger partial charge in [0.1, 0.15) is 11.4 Å². The smallest absolute Gasteiger partial charge is 0.285 e. The van der Waals surface area contributed by atoms with Crippen molar-refractivity contribution in [2.75, 3.05) is 0 Å².